The first-order chi connectivity index (χ1) is 46.9. The van der Waals surface area contributed by atoms with E-state index in [1.54, 1.807) is 66.5 Å². The summed E-state index contributed by atoms with van der Waals surface area (Å²) in [7, 11) is 0. The lowest BCUT2D eigenvalue weighted by Gasteiger charge is -2.31. The van der Waals surface area contributed by atoms with Crippen LogP contribution in [-0.4, -0.2) is 150 Å². The minimum Gasteiger partial charge on any atom is -0.444 e. The Morgan fingerprint density at radius 2 is 1.01 bits per heavy atom. The molecule has 1 fully saturated rings. The number of thiophene rings is 2. The number of rotatable bonds is 15. The van der Waals surface area contributed by atoms with Crippen molar-refractivity contribution in [2.24, 2.45) is 0 Å². The van der Waals surface area contributed by atoms with Crippen molar-refractivity contribution in [2.75, 3.05) is 50.3 Å². The topological polar surface area (TPSA) is 238 Å². The SMILES string of the molecule is CC(C)N1CCC(=O)CC1.CC(C)N1CCc2c(sc(N)c2-c2nc3ccccc3s2)C1.CCC(C)N(CC)C(=O)OC(C)(C)C.CCC(C)N(CCC(=O)Nc1sc2c(c1-c1nc3ccccc3s1)CCN(C(C)C)C2)C(=O)OC(C)(C)C.N#CCc1nc2ccccc2s1.O=C=O. The Balaban J connectivity index is 0.000000213. The molecule has 8 heterocycles. The van der Waals surface area contributed by atoms with E-state index in [2.05, 4.69) is 104 Å². The zero-order valence-corrected chi connectivity index (χ0v) is 65.1. The van der Waals surface area contributed by atoms with Crippen molar-refractivity contribution in [3.05, 3.63) is 98.7 Å². The fourth-order valence-corrected chi connectivity index (χ4v) is 16.8. The molecule has 3 aliphatic heterocycles. The number of ether oxygens (including phenoxy) is 2. The van der Waals surface area contributed by atoms with Gasteiger partial charge in [-0.05, 0) is 177 Å². The molecule has 0 spiro atoms. The lowest BCUT2D eigenvalue weighted by molar-refractivity contribution is -0.191. The number of nitrogens with zero attached hydrogens (tertiary/aromatic N) is 9. The highest BCUT2D eigenvalue weighted by Gasteiger charge is 2.32. The van der Waals surface area contributed by atoms with E-state index in [1.807, 2.05) is 118 Å². The third-order valence-corrected chi connectivity index (χ3v) is 22.3. The van der Waals surface area contributed by atoms with E-state index in [0.717, 1.165) is 134 Å². The molecule has 3 aliphatic rings. The number of carbonyl (C=O) groups excluding carboxylic acids is 6. The number of thiazole rings is 3. The maximum atomic E-state index is 13.3. The van der Waals surface area contributed by atoms with Crippen LogP contribution in [0.1, 0.15) is 176 Å². The van der Waals surface area contributed by atoms with Gasteiger partial charge in [0.05, 0.1) is 48.1 Å². The standard InChI is InChI=1S/C29H40N4O3S2.C17H19N3S2.C11H23NO2.C9H6N2S.C8H15NO.CO2/c1-8-19(4)33(28(35)36-29(5,6)7)16-14-24(34)31-27-25(26-30-21-11-9-10-12-22(21)37-26)20-13-15-32(18(2)3)17-23(20)38-27;1-10(2)20-8-7-11-14(9-20)21-16(18)15(11)17-19-12-5-3-4-6-13(12)22-17;1-7-9(3)12(8-2)10(13)14-11(4,5)6;10-6-5-9-11-7-3-1-2-4-8(7)12-9;1-7(2)9-5-3-8(10)4-6-9;2-1-3/h9-12,18-19H,8,13-17H2,1-7H3,(H,31,34);3-6,10H,7-9,18H2,1-2H3;9H,7-8H2,1-6H3;1-4H,5H2;7H,3-6H2,1-2H3;. The van der Waals surface area contributed by atoms with Crippen LogP contribution in [0.4, 0.5) is 19.6 Å². The van der Waals surface area contributed by atoms with Crippen molar-refractivity contribution >= 4 is 127 Å². The number of ketones is 1. The Morgan fingerprint density at radius 3 is 1.44 bits per heavy atom. The molecule has 0 saturated carbocycles. The van der Waals surface area contributed by atoms with Crippen molar-refractivity contribution in [3.8, 4) is 27.2 Å². The second kappa shape index (κ2) is 38.1. The summed E-state index contributed by atoms with van der Waals surface area (Å²) in [5, 5.41) is 16.4. The molecule has 8 aromatic rings. The van der Waals surface area contributed by atoms with E-state index in [0.29, 0.717) is 43.4 Å². The summed E-state index contributed by atoms with van der Waals surface area (Å²) in [4.78, 5) is 92.4. The second-order valence-electron chi connectivity index (χ2n) is 27.5. The largest absolute Gasteiger partial charge is 0.444 e. The van der Waals surface area contributed by atoms with Gasteiger partial charge in [-0.15, -0.1) is 56.7 Å². The number of para-hydroxylation sites is 3. The molecule has 536 valence electrons. The van der Waals surface area contributed by atoms with Gasteiger partial charge in [0, 0.05) is 123 Å². The van der Waals surface area contributed by atoms with E-state index in [4.69, 9.17) is 40.0 Å². The van der Waals surface area contributed by atoms with Crippen molar-refractivity contribution < 1.29 is 38.2 Å². The molecule has 24 heteroatoms. The number of Topliss-reactive ketones (excluding diaryl/α,β-unsaturated/α-hetero) is 1. The fourth-order valence-electron chi connectivity index (χ4n) is 11.2. The summed E-state index contributed by atoms with van der Waals surface area (Å²) in [6.07, 6.45) is 5.54. The minimum absolute atomic E-state index is 0.0213. The maximum absolute atomic E-state index is 13.3. The van der Waals surface area contributed by atoms with Crippen LogP contribution in [0.5, 0.6) is 0 Å². The van der Waals surface area contributed by atoms with Gasteiger partial charge in [-0.25, -0.2) is 24.5 Å². The van der Waals surface area contributed by atoms with Crippen LogP contribution in [0, 0.1) is 11.3 Å². The number of nitriles is 1. The molecule has 0 bridgehead atoms. The zero-order chi connectivity index (χ0) is 72.9. The first-order valence-corrected chi connectivity index (χ1v) is 38.5. The molecule has 11 rings (SSSR count). The van der Waals surface area contributed by atoms with Crippen LogP contribution in [0.15, 0.2) is 72.8 Å². The summed E-state index contributed by atoms with van der Waals surface area (Å²) in [5.74, 6) is 0.320. The number of anilines is 2. The van der Waals surface area contributed by atoms with E-state index in [1.165, 1.54) is 31.1 Å². The van der Waals surface area contributed by atoms with Crippen molar-refractivity contribution in [1.82, 2.24) is 39.5 Å². The monoisotopic (exact) mass is 1450 g/mol. The third kappa shape index (κ3) is 23.8. The number of hydrogen-bond acceptors (Lipinski definition) is 21. The predicted octanol–water partition coefficient (Wildman–Crippen LogP) is 17.4. The fraction of sp³-hybridized carbons (Fsp3) is 0.533. The Labute approximate surface area is 606 Å². The third-order valence-electron chi connectivity index (χ3n) is 17.0. The predicted molar refractivity (Wildman–Crippen MR) is 408 cm³/mol. The van der Waals surface area contributed by atoms with Gasteiger partial charge < -0.3 is 35.2 Å². The number of nitrogen functional groups attached to an aromatic ring is 1. The van der Waals surface area contributed by atoms with Gasteiger partial charge in [-0.3, -0.25) is 19.4 Å². The first-order valence-electron chi connectivity index (χ1n) is 34.4. The smallest absolute Gasteiger partial charge is 0.410 e. The Bertz CT molecular complexity index is 3900. The maximum Gasteiger partial charge on any atom is 0.410 e. The molecule has 2 atom stereocenters. The van der Waals surface area contributed by atoms with Crippen LogP contribution < -0.4 is 11.1 Å². The Kier molecular flexibility index (Phi) is 31.2. The van der Waals surface area contributed by atoms with Gasteiger partial charge >= 0.3 is 18.3 Å². The summed E-state index contributed by atoms with van der Waals surface area (Å²) in [6, 6.07) is 28.4. The van der Waals surface area contributed by atoms with E-state index < -0.39 is 11.2 Å². The molecule has 1 saturated heterocycles. The van der Waals surface area contributed by atoms with E-state index >= 15 is 0 Å². The van der Waals surface area contributed by atoms with Gasteiger partial charge in [-0.2, -0.15) is 14.9 Å². The van der Waals surface area contributed by atoms with Gasteiger partial charge in [0.25, 0.3) is 0 Å². The highest BCUT2D eigenvalue weighted by Crippen LogP contribution is 2.47. The quantitative estimate of drug-likeness (QED) is 0.0970. The highest BCUT2D eigenvalue weighted by molar-refractivity contribution is 7.23. The number of benzene rings is 3. The van der Waals surface area contributed by atoms with Crippen LogP contribution in [0.25, 0.3) is 51.8 Å². The van der Waals surface area contributed by atoms with Gasteiger partial charge in [-0.1, -0.05) is 50.2 Å². The molecule has 3 N–H and O–H groups in total. The number of aromatic nitrogens is 3. The lowest BCUT2D eigenvalue weighted by Crippen LogP contribution is -2.43. The molecule has 2 unspecified atom stereocenters. The van der Waals surface area contributed by atoms with Crippen molar-refractivity contribution in [3.63, 3.8) is 0 Å². The number of hydrogen-bond donors (Lipinski definition) is 2. The van der Waals surface area contributed by atoms with Crippen LogP contribution in [0.3, 0.4) is 0 Å². The summed E-state index contributed by atoms with van der Waals surface area (Å²) < 4.78 is 14.4. The first kappa shape index (κ1) is 80.9. The second-order valence-corrected chi connectivity index (χ2v) is 32.9. The number of fused-ring (bicyclic) bond motifs is 5. The molecule has 19 nitrogen and oxygen atoms in total. The number of carbonyl (C=O) groups is 4. The Morgan fingerprint density at radius 1 is 0.596 bits per heavy atom. The Hall–Kier alpha value is -7.04. The molecular formula is C75H103N11O8S5. The van der Waals surface area contributed by atoms with Crippen molar-refractivity contribution in [2.45, 2.75) is 224 Å². The van der Waals surface area contributed by atoms with Crippen LogP contribution in [-0.2, 0) is 61.0 Å². The molecule has 0 radical (unpaired) electrons. The number of nitrogens with one attached hydrogen (secondary N) is 1. The number of piperidine rings is 1. The average Bonchev–Trinajstić information content (AvgIpc) is 1.63. The minimum atomic E-state index is -0.586. The normalized spacial score (nSPS) is 14.6. The number of amides is 3. The highest BCUT2D eigenvalue weighted by atomic mass is 32.1. The molecule has 3 amide bonds. The molecule has 99 heavy (non-hydrogen) atoms. The summed E-state index contributed by atoms with van der Waals surface area (Å²) >= 11 is 8.42. The van der Waals surface area contributed by atoms with Crippen LogP contribution >= 0.6 is 56.7 Å². The summed E-state index contributed by atoms with van der Waals surface area (Å²) in [6.45, 7) is 41.6. The molecule has 0 aliphatic carbocycles. The van der Waals surface area contributed by atoms with Gasteiger partial charge in [0.1, 0.15) is 37.0 Å². The molecule has 3 aromatic carbocycles. The van der Waals surface area contributed by atoms with Crippen LogP contribution in [0.2, 0.25) is 0 Å². The number of nitrogens with two attached hydrogens (primary N) is 1. The van der Waals surface area contributed by atoms with Gasteiger partial charge in [0.15, 0.2) is 0 Å². The zero-order valence-electron chi connectivity index (χ0n) is 61.0. The molecular weight excluding hydrogens is 1340 g/mol. The summed E-state index contributed by atoms with van der Waals surface area (Å²) in [5.41, 5.74) is 13.4. The number of likely N-dealkylation sites (tertiary alicyclic amines) is 1. The van der Waals surface area contributed by atoms with E-state index in [9.17, 15) is 19.2 Å². The molecule has 5 aromatic heterocycles. The lowest BCUT2D eigenvalue weighted by atomic mass is 10.0. The average molecular weight is 1450 g/mol. The van der Waals surface area contributed by atoms with Crippen molar-refractivity contribution in [1.29, 1.82) is 5.26 Å². The van der Waals surface area contributed by atoms with E-state index in [-0.39, 0.29) is 42.7 Å². The van der Waals surface area contributed by atoms with Gasteiger partial charge in [0.2, 0.25) is 5.91 Å².